The van der Waals surface area contributed by atoms with Crippen LogP contribution in [0, 0.1) is 0 Å². The second kappa shape index (κ2) is 6.77. The molecule has 1 atom stereocenters. The quantitative estimate of drug-likeness (QED) is 0.868. The number of hydrogen-bond acceptors (Lipinski definition) is 4. The molecule has 1 aromatic rings. The van der Waals surface area contributed by atoms with E-state index in [2.05, 4.69) is 9.62 Å². The van der Waals surface area contributed by atoms with E-state index in [0.29, 0.717) is 17.5 Å². The molecule has 0 saturated carbocycles. The Kier molecular flexibility index (Phi) is 5.24. The van der Waals surface area contributed by atoms with Crippen LogP contribution < -0.4 is 15.4 Å². The van der Waals surface area contributed by atoms with Gasteiger partial charge in [-0.3, -0.25) is 0 Å². The van der Waals surface area contributed by atoms with Crippen molar-refractivity contribution in [1.29, 1.82) is 0 Å². The summed E-state index contributed by atoms with van der Waals surface area (Å²) in [6.07, 6.45) is 3.47. The molecule has 0 bridgehead atoms. The SMILES string of the molecule is CC(C)NS(=O)(=O)c1ccc(N2CCCCC2CN)cc1. The molecule has 21 heavy (non-hydrogen) atoms. The maximum absolute atomic E-state index is 12.1. The van der Waals surface area contributed by atoms with Crippen LogP contribution in [-0.2, 0) is 10.0 Å². The van der Waals surface area contributed by atoms with Crippen molar-refractivity contribution in [2.75, 3.05) is 18.0 Å². The van der Waals surface area contributed by atoms with Crippen molar-refractivity contribution in [3.63, 3.8) is 0 Å². The molecule has 5 nitrogen and oxygen atoms in total. The molecule has 1 aliphatic rings. The van der Waals surface area contributed by atoms with Gasteiger partial charge in [0.25, 0.3) is 0 Å². The van der Waals surface area contributed by atoms with Crippen LogP contribution in [0.1, 0.15) is 33.1 Å². The summed E-state index contributed by atoms with van der Waals surface area (Å²) in [6.45, 7) is 5.24. The van der Waals surface area contributed by atoms with E-state index in [9.17, 15) is 8.42 Å². The van der Waals surface area contributed by atoms with Crippen LogP contribution in [0.5, 0.6) is 0 Å². The van der Waals surface area contributed by atoms with E-state index in [1.54, 1.807) is 12.1 Å². The monoisotopic (exact) mass is 311 g/mol. The van der Waals surface area contributed by atoms with Gasteiger partial charge in [0.15, 0.2) is 0 Å². The smallest absolute Gasteiger partial charge is 0.240 e. The molecule has 1 unspecified atom stereocenters. The van der Waals surface area contributed by atoms with Crippen LogP contribution in [0.4, 0.5) is 5.69 Å². The van der Waals surface area contributed by atoms with Crippen LogP contribution >= 0.6 is 0 Å². The normalized spacial score (nSPS) is 20.0. The minimum absolute atomic E-state index is 0.113. The molecule has 2 rings (SSSR count). The second-order valence-electron chi connectivity index (χ2n) is 5.85. The molecule has 0 spiro atoms. The Morgan fingerprint density at radius 3 is 2.52 bits per heavy atom. The fourth-order valence-corrected chi connectivity index (χ4v) is 4.03. The van der Waals surface area contributed by atoms with E-state index < -0.39 is 10.0 Å². The van der Waals surface area contributed by atoms with Gasteiger partial charge in [0.1, 0.15) is 0 Å². The summed E-state index contributed by atoms with van der Waals surface area (Å²) in [6, 6.07) is 7.34. The van der Waals surface area contributed by atoms with E-state index in [4.69, 9.17) is 5.73 Å². The van der Waals surface area contributed by atoms with Gasteiger partial charge >= 0.3 is 0 Å². The van der Waals surface area contributed by atoms with Gasteiger partial charge < -0.3 is 10.6 Å². The first-order valence-corrected chi connectivity index (χ1v) is 9.01. The van der Waals surface area contributed by atoms with Gasteiger partial charge in [-0.25, -0.2) is 13.1 Å². The number of piperidine rings is 1. The van der Waals surface area contributed by atoms with Gasteiger partial charge in [0.2, 0.25) is 10.0 Å². The lowest BCUT2D eigenvalue weighted by molar-refractivity contribution is 0.465. The Bertz CT molecular complexity index is 555. The molecule has 0 amide bonds. The number of benzene rings is 1. The van der Waals surface area contributed by atoms with Crippen molar-refractivity contribution in [2.45, 2.75) is 50.1 Å². The molecule has 0 radical (unpaired) electrons. The average molecular weight is 311 g/mol. The lowest BCUT2D eigenvalue weighted by Crippen LogP contribution is -2.44. The number of nitrogens with two attached hydrogens (primary N) is 1. The topological polar surface area (TPSA) is 75.4 Å². The second-order valence-corrected chi connectivity index (χ2v) is 7.56. The van der Waals surface area contributed by atoms with E-state index in [-0.39, 0.29) is 6.04 Å². The number of sulfonamides is 1. The largest absolute Gasteiger partial charge is 0.367 e. The van der Waals surface area contributed by atoms with Crippen LogP contribution in [0.25, 0.3) is 0 Å². The number of nitrogens with zero attached hydrogens (tertiary/aromatic N) is 1. The van der Waals surface area contributed by atoms with Crippen molar-refractivity contribution in [2.24, 2.45) is 5.73 Å². The first-order valence-electron chi connectivity index (χ1n) is 7.53. The zero-order valence-corrected chi connectivity index (χ0v) is 13.6. The van der Waals surface area contributed by atoms with Crippen molar-refractivity contribution in [3.05, 3.63) is 24.3 Å². The molecule has 0 aliphatic carbocycles. The molecule has 3 N–H and O–H groups in total. The first-order chi connectivity index (χ1) is 9.94. The maximum Gasteiger partial charge on any atom is 0.240 e. The van der Waals surface area contributed by atoms with Crippen molar-refractivity contribution in [1.82, 2.24) is 4.72 Å². The third-order valence-corrected chi connectivity index (χ3v) is 5.44. The summed E-state index contributed by atoms with van der Waals surface area (Å²) in [5.41, 5.74) is 6.89. The number of hydrogen-bond donors (Lipinski definition) is 2. The van der Waals surface area contributed by atoms with Gasteiger partial charge in [0.05, 0.1) is 4.90 Å². The predicted octanol–water partition coefficient (Wildman–Crippen LogP) is 1.69. The van der Waals surface area contributed by atoms with Gasteiger partial charge in [0, 0.05) is 30.9 Å². The minimum Gasteiger partial charge on any atom is -0.367 e. The molecule has 0 aromatic heterocycles. The number of nitrogens with one attached hydrogen (secondary N) is 1. The molecular weight excluding hydrogens is 286 g/mol. The highest BCUT2D eigenvalue weighted by molar-refractivity contribution is 7.89. The highest BCUT2D eigenvalue weighted by Gasteiger charge is 2.22. The number of rotatable bonds is 5. The van der Waals surface area contributed by atoms with Crippen LogP contribution in [0.15, 0.2) is 29.2 Å². The Hall–Kier alpha value is -1.11. The molecule has 1 aromatic carbocycles. The van der Waals surface area contributed by atoms with E-state index in [0.717, 1.165) is 25.1 Å². The molecule has 1 aliphatic heterocycles. The van der Waals surface area contributed by atoms with Crippen LogP contribution in [-0.4, -0.2) is 33.6 Å². The van der Waals surface area contributed by atoms with Crippen molar-refractivity contribution < 1.29 is 8.42 Å². The van der Waals surface area contributed by atoms with Crippen molar-refractivity contribution in [3.8, 4) is 0 Å². The van der Waals surface area contributed by atoms with E-state index in [1.807, 2.05) is 26.0 Å². The molecular formula is C15H25N3O2S. The minimum atomic E-state index is -3.42. The summed E-state index contributed by atoms with van der Waals surface area (Å²) in [7, 11) is -3.42. The Morgan fingerprint density at radius 1 is 1.29 bits per heavy atom. The standard InChI is InChI=1S/C15H25N3O2S/c1-12(2)17-21(19,20)15-8-6-13(7-9-15)18-10-4-3-5-14(18)11-16/h6-9,12,14,17H,3-5,10-11,16H2,1-2H3. The zero-order valence-electron chi connectivity index (χ0n) is 12.7. The maximum atomic E-state index is 12.1. The Morgan fingerprint density at radius 2 is 1.95 bits per heavy atom. The van der Waals surface area contributed by atoms with Gasteiger partial charge in [-0.15, -0.1) is 0 Å². The molecule has 1 saturated heterocycles. The molecule has 1 fully saturated rings. The first kappa shape index (κ1) is 16.3. The van der Waals surface area contributed by atoms with Gasteiger partial charge in [-0.05, 0) is 57.4 Å². The summed E-state index contributed by atoms with van der Waals surface area (Å²) in [4.78, 5) is 2.59. The molecule has 1 heterocycles. The van der Waals surface area contributed by atoms with Gasteiger partial charge in [-0.1, -0.05) is 0 Å². The fraction of sp³-hybridized carbons (Fsp3) is 0.600. The summed E-state index contributed by atoms with van der Waals surface area (Å²) in [5, 5.41) is 0. The predicted molar refractivity (Wildman–Crippen MR) is 85.9 cm³/mol. The lowest BCUT2D eigenvalue weighted by atomic mass is 10.0. The van der Waals surface area contributed by atoms with Crippen LogP contribution in [0.3, 0.4) is 0 Å². The number of anilines is 1. The highest BCUT2D eigenvalue weighted by Crippen LogP contribution is 2.25. The highest BCUT2D eigenvalue weighted by atomic mass is 32.2. The third kappa shape index (κ3) is 3.96. The van der Waals surface area contributed by atoms with Crippen LogP contribution in [0.2, 0.25) is 0 Å². The summed E-state index contributed by atoms with van der Waals surface area (Å²) >= 11 is 0. The summed E-state index contributed by atoms with van der Waals surface area (Å²) < 4.78 is 26.8. The Labute approximate surface area is 127 Å². The Balaban J connectivity index is 2.18. The lowest BCUT2D eigenvalue weighted by Gasteiger charge is -2.37. The van der Waals surface area contributed by atoms with Gasteiger partial charge in [-0.2, -0.15) is 0 Å². The third-order valence-electron chi connectivity index (χ3n) is 3.77. The van der Waals surface area contributed by atoms with E-state index in [1.165, 1.54) is 6.42 Å². The average Bonchev–Trinajstić information content (AvgIpc) is 2.46. The zero-order chi connectivity index (χ0) is 15.5. The fourth-order valence-electron chi connectivity index (χ4n) is 2.78. The summed E-state index contributed by atoms with van der Waals surface area (Å²) in [5.74, 6) is 0. The van der Waals surface area contributed by atoms with E-state index >= 15 is 0 Å². The van der Waals surface area contributed by atoms with Crippen molar-refractivity contribution >= 4 is 15.7 Å². The molecule has 6 heteroatoms. The molecule has 118 valence electrons.